The van der Waals surface area contributed by atoms with E-state index in [0.717, 1.165) is 31.8 Å². The normalized spacial score (nSPS) is 23.5. The molecule has 2 rings (SSSR count). The number of rotatable bonds is 5. The number of aliphatic hydroxyl groups excluding tert-OH is 2. The van der Waals surface area contributed by atoms with Crippen molar-refractivity contribution >= 4 is 0 Å². The Morgan fingerprint density at radius 1 is 1.23 bits per heavy atom. The summed E-state index contributed by atoms with van der Waals surface area (Å²) in [7, 11) is 0. The van der Waals surface area contributed by atoms with Crippen LogP contribution in [0.4, 0.5) is 8.78 Å². The van der Waals surface area contributed by atoms with Crippen molar-refractivity contribution in [2.75, 3.05) is 32.7 Å². The van der Waals surface area contributed by atoms with E-state index in [1.165, 1.54) is 6.07 Å². The summed E-state index contributed by atoms with van der Waals surface area (Å²) >= 11 is 0. The van der Waals surface area contributed by atoms with E-state index in [9.17, 15) is 19.0 Å². The van der Waals surface area contributed by atoms with Crippen molar-refractivity contribution in [3.63, 3.8) is 0 Å². The molecule has 1 aromatic carbocycles. The van der Waals surface area contributed by atoms with Gasteiger partial charge in [-0.05, 0) is 19.9 Å². The highest BCUT2D eigenvalue weighted by Gasteiger charge is 2.26. The molecule has 3 unspecified atom stereocenters. The molecule has 4 nitrogen and oxygen atoms in total. The highest BCUT2D eigenvalue weighted by Crippen LogP contribution is 2.20. The van der Waals surface area contributed by atoms with Crippen LogP contribution in [0.15, 0.2) is 18.2 Å². The van der Waals surface area contributed by atoms with Crippen LogP contribution in [-0.4, -0.2) is 64.9 Å². The number of hydrogen-bond acceptors (Lipinski definition) is 4. The highest BCUT2D eigenvalue weighted by molar-refractivity contribution is 5.21. The smallest absolute Gasteiger partial charge is 0.131 e. The Hall–Kier alpha value is -1.08. The van der Waals surface area contributed by atoms with Crippen LogP contribution in [0.5, 0.6) is 0 Å². The fraction of sp³-hybridized carbons (Fsp3) is 0.625. The zero-order valence-electron chi connectivity index (χ0n) is 13.0. The second kappa shape index (κ2) is 7.46. The number of piperazine rings is 1. The number of benzene rings is 1. The van der Waals surface area contributed by atoms with Crippen LogP contribution < -0.4 is 0 Å². The van der Waals surface area contributed by atoms with Gasteiger partial charge in [-0.25, -0.2) is 8.78 Å². The lowest BCUT2D eigenvalue weighted by Gasteiger charge is -2.41. The Balaban J connectivity index is 1.92. The zero-order valence-corrected chi connectivity index (χ0v) is 13.0. The monoisotopic (exact) mass is 314 g/mol. The first-order valence-corrected chi connectivity index (χ1v) is 7.64. The zero-order chi connectivity index (χ0) is 16.3. The van der Waals surface area contributed by atoms with E-state index in [1.54, 1.807) is 6.92 Å². The van der Waals surface area contributed by atoms with Crippen molar-refractivity contribution in [3.05, 3.63) is 35.4 Å². The minimum Gasteiger partial charge on any atom is -0.392 e. The molecule has 1 aromatic rings. The van der Waals surface area contributed by atoms with Crippen LogP contribution in [-0.2, 0) is 0 Å². The Bertz CT molecular complexity index is 499. The number of halogens is 2. The molecule has 0 radical (unpaired) electrons. The molecule has 1 saturated heterocycles. The average Bonchev–Trinajstić information content (AvgIpc) is 2.41. The van der Waals surface area contributed by atoms with Gasteiger partial charge in [0.15, 0.2) is 0 Å². The molecule has 22 heavy (non-hydrogen) atoms. The van der Waals surface area contributed by atoms with Crippen molar-refractivity contribution in [1.82, 2.24) is 9.80 Å². The Morgan fingerprint density at radius 2 is 1.95 bits per heavy atom. The molecule has 6 heteroatoms. The Kier molecular flexibility index (Phi) is 5.86. The number of nitrogens with zero attached hydrogens (tertiary/aromatic N) is 2. The van der Waals surface area contributed by atoms with Gasteiger partial charge < -0.3 is 10.2 Å². The molecule has 1 fully saturated rings. The molecule has 0 saturated carbocycles. The van der Waals surface area contributed by atoms with Crippen LogP contribution in [0.3, 0.4) is 0 Å². The van der Waals surface area contributed by atoms with Gasteiger partial charge in [-0.2, -0.15) is 0 Å². The summed E-state index contributed by atoms with van der Waals surface area (Å²) in [6, 6.07) is 3.50. The van der Waals surface area contributed by atoms with E-state index in [2.05, 4.69) is 16.7 Å². The van der Waals surface area contributed by atoms with E-state index in [0.29, 0.717) is 13.1 Å². The molecule has 1 aliphatic rings. The maximum Gasteiger partial charge on any atom is 0.131 e. The van der Waals surface area contributed by atoms with Gasteiger partial charge in [0, 0.05) is 50.4 Å². The van der Waals surface area contributed by atoms with Crippen LogP contribution in [0, 0.1) is 11.6 Å². The van der Waals surface area contributed by atoms with Gasteiger partial charge in [-0.3, -0.25) is 9.80 Å². The van der Waals surface area contributed by atoms with Gasteiger partial charge >= 0.3 is 0 Å². The van der Waals surface area contributed by atoms with Gasteiger partial charge in [0.05, 0.1) is 12.2 Å². The first-order valence-electron chi connectivity index (χ1n) is 7.64. The van der Waals surface area contributed by atoms with Gasteiger partial charge in [-0.1, -0.05) is 6.07 Å². The van der Waals surface area contributed by atoms with Crippen molar-refractivity contribution in [2.24, 2.45) is 0 Å². The minimum atomic E-state index is -0.976. The summed E-state index contributed by atoms with van der Waals surface area (Å²) in [5.41, 5.74) is 0.125. The molecule has 0 spiro atoms. The van der Waals surface area contributed by atoms with E-state index >= 15 is 0 Å². The molecule has 124 valence electrons. The SMILES string of the molecule is CC(O)CN1CCN(CC(O)c2ccc(F)cc2F)CC1C. The topological polar surface area (TPSA) is 46.9 Å². The molecule has 0 amide bonds. The molecular weight excluding hydrogens is 290 g/mol. The maximum atomic E-state index is 13.7. The quantitative estimate of drug-likeness (QED) is 0.862. The highest BCUT2D eigenvalue weighted by atomic mass is 19.1. The molecular formula is C16H24F2N2O2. The lowest BCUT2D eigenvalue weighted by molar-refractivity contribution is 0.0234. The third-order valence-electron chi connectivity index (χ3n) is 4.10. The van der Waals surface area contributed by atoms with Crippen molar-refractivity contribution in [1.29, 1.82) is 0 Å². The van der Waals surface area contributed by atoms with Crippen LogP contribution in [0.1, 0.15) is 25.5 Å². The Morgan fingerprint density at radius 3 is 2.55 bits per heavy atom. The minimum absolute atomic E-state index is 0.125. The fourth-order valence-corrected chi connectivity index (χ4v) is 2.96. The molecule has 3 atom stereocenters. The predicted molar refractivity (Wildman–Crippen MR) is 80.5 cm³/mol. The van der Waals surface area contributed by atoms with Crippen molar-refractivity contribution < 1.29 is 19.0 Å². The third kappa shape index (κ3) is 4.46. The molecule has 1 heterocycles. The largest absolute Gasteiger partial charge is 0.392 e. The van der Waals surface area contributed by atoms with Crippen LogP contribution in [0.2, 0.25) is 0 Å². The number of hydrogen-bond donors (Lipinski definition) is 2. The van der Waals surface area contributed by atoms with Crippen molar-refractivity contribution in [2.45, 2.75) is 32.1 Å². The molecule has 0 bridgehead atoms. The molecule has 0 aliphatic carbocycles. The lowest BCUT2D eigenvalue weighted by Crippen LogP contribution is -2.54. The molecule has 0 aromatic heterocycles. The van der Waals surface area contributed by atoms with Crippen molar-refractivity contribution in [3.8, 4) is 0 Å². The number of β-amino-alcohol motifs (C(OH)–C–C–N with tert-alkyl or cyclic N) is 2. The molecule has 1 aliphatic heterocycles. The van der Waals surface area contributed by atoms with Gasteiger partial charge in [0.25, 0.3) is 0 Å². The number of aliphatic hydroxyl groups is 2. The summed E-state index contributed by atoms with van der Waals surface area (Å²) in [5.74, 6) is -1.36. The Labute approximate surface area is 130 Å². The summed E-state index contributed by atoms with van der Waals surface area (Å²) in [6.07, 6.45) is -1.34. The third-order valence-corrected chi connectivity index (χ3v) is 4.10. The van der Waals surface area contributed by atoms with Gasteiger partial charge in [0.1, 0.15) is 11.6 Å². The van der Waals surface area contributed by atoms with E-state index in [4.69, 9.17) is 0 Å². The second-order valence-corrected chi connectivity index (χ2v) is 6.13. The van der Waals surface area contributed by atoms with E-state index in [-0.39, 0.29) is 17.7 Å². The first kappa shape index (κ1) is 17.3. The first-order chi connectivity index (χ1) is 10.4. The van der Waals surface area contributed by atoms with Crippen LogP contribution >= 0.6 is 0 Å². The summed E-state index contributed by atoms with van der Waals surface area (Å²) in [5, 5.41) is 19.7. The lowest BCUT2D eigenvalue weighted by atomic mass is 10.1. The fourth-order valence-electron chi connectivity index (χ4n) is 2.96. The standard InChI is InChI=1S/C16H24F2N2O2/c1-11-8-19(5-6-20(11)9-12(2)21)10-16(22)14-4-3-13(17)7-15(14)18/h3-4,7,11-12,16,21-22H,5-6,8-10H2,1-2H3. The summed E-state index contributed by atoms with van der Waals surface area (Å²) < 4.78 is 26.6. The summed E-state index contributed by atoms with van der Waals surface area (Å²) in [6.45, 7) is 7.06. The predicted octanol–water partition coefficient (Wildman–Crippen LogP) is 1.39. The maximum absolute atomic E-state index is 13.7. The summed E-state index contributed by atoms with van der Waals surface area (Å²) in [4.78, 5) is 4.27. The van der Waals surface area contributed by atoms with E-state index < -0.39 is 17.7 Å². The van der Waals surface area contributed by atoms with Gasteiger partial charge in [-0.15, -0.1) is 0 Å². The molecule has 2 N–H and O–H groups in total. The van der Waals surface area contributed by atoms with Crippen LogP contribution in [0.25, 0.3) is 0 Å². The van der Waals surface area contributed by atoms with Gasteiger partial charge in [0.2, 0.25) is 0 Å². The second-order valence-electron chi connectivity index (χ2n) is 6.13. The van der Waals surface area contributed by atoms with E-state index in [1.807, 2.05) is 0 Å². The average molecular weight is 314 g/mol.